The van der Waals surface area contributed by atoms with Gasteiger partial charge in [-0.1, -0.05) is 24.3 Å². The lowest BCUT2D eigenvalue weighted by molar-refractivity contribution is 0.0707. The maximum Gasteiger partial charge on any atom is 0.253 e. The first kappa shape index (κ1) is 15.9. The summed E-state index contributed by atoms with van der Waals surface area (Å²) in [6.07, 6.45) is 2.20. The fourth-order valence-electron chi connectivity index (χ4n) is 3.91. The van der Waals surface area contributed by atoms with Crippen molar-refractivity contribution in [1.82, 2.24) is 14.9 Å². The van der Waals surface area contributed by atoms with Crippen LogP contribution >= 0.6 is 0 Å². The monoisotopic (exact) mass is 333 g/mol. The molecular weight excluding hydrogens is 310 g/mol. The van der Waals surface area contributed by atoms with Crippen LogP contribution in [0.15, 0.2) is 42.5 Å². The summed E-state index contributed by atoms with van der Waals surface area (Å²) in [5.41, 5.74) is 5.26. The quantitative estimate of drug-likeness (QED) is 0.764. The number of piperidine rings is 1. The van der Waals surface area contributed by atoms with Crippen LogP contribution in [0.2, 0.25) is 0 Å². The number of H-pyrrole nitrogens is 1. The molecule has 25 heavy (non-hydrogen) atoms. The molecule has 0 aliphatic carbocycles. The minimum atomic E-state index is 0.118. The van der Waals surface area contributed by atoms with Gasteiger partial charge in [-0.15, -0.1) is 0 Å². The number of aromatic amines is 1. The molecule has 1 unspecified atom stereocenters. The van der Waals surface area contributed by atoms with Gasteiger partial charge in [0, 0.05) is 24.6 Å². The average molecular weight is 333 g/mol. The number of nitrogens with one attached hydrogen (secondary N) is 1. The third-order valence-electron chi connectivity index (χ3n) is 5.18. The number of imidazole rings is 1. The highest BCUT2D eigenvalue weighted by Crippen LogP contribution is 2.30. The first-order valence-electron chi connectivity index (χ1n) is 8.93. The Hall–Kier alpha value is -2.62. The number of carbonyl (C=O) groups is 1. The standard InChI is InChI=1S/C21H23N3O/c1-14-6-3-4-8-18(14)17-7-5-11-24(13-17)21(25)16-9-10-19-20(12-16)23-15(2)22-19/h3-4,6,8-10,12,17H,5,7,11,13H2,1-2H3,(H,22,23). The number of fused-ring (bicyclic) bond motifs is 1. The molecule has 4 nitrogen and oxygen atoms in total. The van der Waals surface area contributed by atoms with Crippen molar-refractivity contribution in [1.29, 1.82) is 0 Å². The Bertz CT molecular complexity index is 928. The van der Waals surface area contributed by atoms with Crippen molar-refractivity contribution in [3.05, 3.63) is 65.0 Å². The van der Waals surface area contributed by atoms with Gasteiger partial charge in [-0.05, 0) is 56.0 Å². The summed E-state index contributed by atoms with van der Waals surface area (Å²) in [6.45, 7) is 5.72. The van der Waals surface area contributed by atoms with E-state index in [0.29, 0.717) is 5.92 Å². The van der Waals surface area contributed by atoms with Crippen LogP contribution in [0.4, 0.5) is 0 Å². The van der Waals surface area contributed by atoms with Crippen LogP contribution in [-0.4, -0.2) is 33.9 Å². The van der Waals surface area contributed by atoms with Gasteiger partial charge in [0.1, 0.15) is 5.82 Å². The van der Waals surface area contributed by atoms with Gasteiger partial charge in [0.05, 0.1) is 11.0 Å². The molecule has 0 bridgehead atoms. The lowest BCUT2D eigenvalue weighted by Gasteiger charge is -2.33. The van der Waals surface area contributed by atoms with E-state index in [1.807, 2.05) is 30.0 Å². The second-order valence-electron chi connectivity index (χ2n) is 7.00. The van der Waals surface area contributed by atoms with Crippen molar-refractivity contribution in [3.63, 3.8) is 0 Å². The van der Waals surface area contributed by atoms with Crippen molar-refractivity contribution in [3.8, 4) is 0 Å². The van der Waals surface area contributed by atoms with E-state index in [2.05, 4.69) is 41.2 Å². The summed E-state index contributed by atoms with van der Waals surface area (Å²) in [6, 6.07) is 14.3. The maximum atomic E-state index is 13.0. The number of rotatable bonds is 2. The van der Waals surface area contributed by atoms with Crippen LogP contribution < -0.4 is 0 Å². The van der Waals surface area contributed by atoms with E-state index in [1.54, 1.807) is 0 Å². The molecule has 1 saturated heterocycles. The van der Waals surface area contributed by atoms with Crippen molar-refractivity contribution in [2.45, 2.75) is 32.6 Å². The van der Waals surface area contributed by atoms with Crippen molar-refractivity contribution in [2.75, 3.05) is 13.1 Å². The average Bonchev–Trinajstić information content (AvgIpc) is 3.00. The molecule has 0 saturated carbocycles. The molecular formula is C21H23N3O. The van der Waals surface area contributed by atoms with Crippen molar-refractivity contribution >= 4 is 16.9 Å². The molecule has 2 heterocycles. The molecule has 1 N–H and O–H groups in total. The predicted octanol–water partition coefficient (Wildman–Crippen LogP) is 4.20. The molecule has 4 rings (SSSR count). The first-order chi connectivity index (χ1) is 12.1. The Morgan fingerprint density at radius 3 is 2.88 bits per heavy atom. The lowest BCUT2D eigenvalue weighted by atomic mass is 9.88. The number of hydrogen-bond donors (Lipinski definition) is 1. The SMILES string of the molecule is Cc1nc2ccc(C(=O)N3CCCC(c4ccccc4C)C3)cc2[nH]1. The number of nitrogens with zero attached hydrogens (tertiary/aromatic N) is 2. The third-order valence-corrected chi connectivity index (χ3v) is 5.18. The van der Waals surface area contributed by atoms with Crippen LogP contribution in [0.3, 0.4) is 0 Å². The summed E-state index contributed by atoms with van der Waals surface area (Å²) in [4.78, 5) is 22.6. The molecule has 0 radical (unpaired) electrons. The number of aromatic nitrogens is 2. The summed E-state index contributed by atoms with van der Waals surface area (Å²) >= 11 is 0. The number of benzene rings is 2. The van der Waals surface area contributed by atoms with E-state index in [4.69, 9.17) is 0 Å². The molecule has 1 aliphatic rings. The normalized spacial score (nSPS) is 17.8. The molecule has 1 aliphatic heterocycles. The third kappa shape index (κ3) is 3.04. The van der Waals surface area contributed by atoms with Gasteiger partial charge in [0.2, 0.25) is 0 Å². The van der Waals surface area contributed by atoms with Gasteiger partial charge in [0.25, 0.3) is 5.91 Å². The molecule has 1 amide bonds. The highest BCUT2D eigenvalue weighted by atomic mass is 16.2. The van der Waals surface area contributed by atoms with Crippen LogP contribution in [0.1, 0.15) is 46.1 Å². The Morgan fingerprint density at radius 2 is 2.04 bits per heavy atom. The highest BCUT2D eigenvalue weighted by Gasteiger charge is 2.26. The lowest BCUT2D eigenvalue weighted by Crippen LogP contribution is -2.39. The Balaban J connectivity index is 1.57. The molecule has 2 aromatic carbocycles. The fourth-order valence-corrected chi connectivity index (χ4v) is 3.91. The minimum absolute atomic E-state index is 0.118. The number of hydrogen-bond acceptors (Lipinski definition) is 2. The Morgan fingerprint density at radius 1 is 1.20 bits per heavy atom. The van der Waals surface area contributed by atoms with Gasteiger partial charge in [0.15, 0.2) is 0 Å². The topological polar surface area (TPSA) is 49.0 Å². The minimum Gasteiger partial charge on any atom is -0.342 e. The van der Waals surface area contributed by atoms with E-state index < -0.39 is 0 Å². The van der Waals surface area contributed by atoms with Crippen molar-refractivity contribution in [2.24, 2.45) is 0 Å². The fraction of sp³-hybridized carbons (Fsp3) is 0.333. The second-order valence-corrected chi connectivity index (χ2v) is 7.00. The van der Waals surface area contributed by atoms with Gasteiger partial charge in [-0.2, -0.15) is 0 Å². The van der Waals surface area contributed by atoms with Crippen LogP contribution in [-0.2, 0) is 0 Å². The van der Waals surface area contributed by atoms with Crippen molar-refractivity contribution < 1.29 is 4.79 Å². The highest BCUT2D eigenvalue weighted by molar-refractivity contribution is 5.97. The van der Waals surface area contributed by atoms with Crippen LogP contribution in [0, 0.1) is 13.8 Å². The number of likely N-dealkylation sites (tertiary alicyclic amines) is 1. The largest absolute Gasteiger partial charge is 0.342 e. The van der Waals surface area contributed by atoms with Crippen LogP contribution in [0.5, 0.6) is 0 Å². The smallest absolute Gasteiger partial charge is 0.253 e. The number of carbonyl (C=O) groups excluding carboxylic acids is 1. The summed E-state index contributed by atoms with van der Waals surface area (Å²) in [5.74, 6) is 1.42. The zero-order valence-electron chi connectivity index (χ0n) is 14.7. The second kappa shape index (κ2) is 6.36. The van der Waals surface area contributed by atoms with E-state index >= 15 is 0 Å². The van der Waals surface area contributed by atoms with Gasteiger partial charge in [-0.3, -0.25) is 4.79 Å². The van der Waals surface area contributed by atoms with E-state index in [0.717, 1.165) is 48.4 Å². The molecule has 1 atom stereocenters. The summed E-state index contributed by atoms with van der Waals surface area (Å²) in [5, 5.41) is 0. The predicted molar refractivity (Wildman–Crippen MR) is 99.9 cm³/mol. The molecule has 3 aromatic rings. The first-order valence-corrected chi connectivity index (χ1v) is 8.93. The summed E-state index contributed by atoms with van der Waals surface area (Å²) < 4.78 is 0. The Labute approximate surface area is 147 Å². The van der Waals surface area contributed by atoms with Crippen LogP contribution in [0.25, 0.3) is 11.0 Å². The summed E-state index contributed by atoms with van der Waals surface area (Å²) in [7, 11) is 0. The van der Waals surface area contributed by atoms with E-state index in [9.17, 15) is 4.79 Å². The molecule has 1 fully saturated rings. The molecule has 4 heteroatoms. The van der Waals surface area contributed by atoms with Gasteiger partial charge < -0.3 is 9.88 Å². The number of amides is 1. The van der Waals surface area contributed by atoms with Gasteiger partial charge in [-0.25, -0.2) is 4.98 Å². The van der Waals surface area contributed by atoms with E-state index in [-0.39, 0.29) is 5.91 Å². The van der Waals surface area contributed by atoms with Gasteiger partial charge >= 0.3 is 0 Å². The maximum absolute atomic E-state index is 13.0. The molecule has 1 aromatic heterocycles. The Kier molecular flexibility index (Phi) is 4.04. The molecule has 0 spiro atoms. The zero-order valence-corrected chi connectivity index (χ0v) is 14.7. The molecule has 128 valence electrons. The zero-order chi connectivity index (χ0) is 17.4. The van der Waals surface area contributed by atoms with E-state index in [1.165, 1.54) is 11.1 Å². The number of aryl methyl sites for hydroxylation is 2.